The third-order valence-corrected chi connectivity index (χ3v) is 4.12. The standard InChI is InChI=1S/C16H24N2O/c1-16(2,13-7-5-4-6-8-13)15(19)17-14-9-11-18(3)12-10-14/h4-8,14H,9-12H2,1-3H3,(H,17,19). The predicted molar refractivity (Wildman–Crippen MR) is 78.1 cm³/mol. The minimum atomic E-state index is -0.468. The Hall–Kier alpha value is -1.35. The van der Waals surface area contributed by atoms with Crippen molar-refractivity contribution in [3.8, 4) is 0 Å². The number of hydrogen-bond donors (Lipinski definition) is 1. The molecule has 0 radical (unpaired) electrons. The van der Waals surface area contributed by atoms with E-state index in [-0.39, 0.29) is 5.91 Å². The summed E-state index contributed by atoms with van der Waals surface area (Å²) in [6, 6.07) is 10.3. The van der Waals surface area contributed by atoms with Gasteiger partial charge >= 0.3 is 0 Å². The van der Waals surface area contributed by atoms with Crippen molar-refractivity contribution in [2.24, 2.45) is 0 Å². The largest absolute Gasteiger partial charge is 0.353 e. The van der Waals surface area contributed by atoms with Gasteiger partial charge in [0.2, 0.25) is 5.91 Å². The Morgan fingerprint density at radius 3 is 2.37 bits per heavy atom. The van der Waals surface area contributed by atoms with Gasteiger partial charge in [0.25, 0.3) is 0 Å². The number of likely N-dealkylation sites (tertiary alicyclic amines) is 1. The van der Waals surface area contributed by atoms with Gasteiger partial charge in [-0.15, -0.1) is 0 Å². The van der Waals surface area contributed by atoms with Crippen LogP contribution in [0.3, 0.4) is 0 Å². The van der Waals surface area contributed by atoms with Gasteiger partial charge in [-0.25, -0.2) is 0 Å². The molecule has 1 aromatic carbocycles. The molecule has 0 spiro atoms. The lowest BCUT2D eigenvalue weighted by atomic mass is 9.83. The van der Waals surface area contributed by atoms with Crippen LogP contribution in [0.15, 0.2) is 30.3 Å². The van der Waals surface area contributed by atoms with Gasteiger partial charge in [0.05, 0.1) is 5.41 Å². The highest BCUT2D eigenvalue weighted by molar-refractivity contribution is 5.87. The molecule has 0 bridgehead atoms. The molecule has 3 heteroatoms. The molecule has 19 heavy (non-hydrogen) atoms. The SMILES string of the molecule is CN1CCC(NC(=O)C(C)(C)c2ccccc2)CC1. The van der Waals surface area contributed by atoms with E-state index in [2.05, 4.69) is 17.3 Å². The lowest BCUT2D eigenvalue weighted by molar-refractivity contribution is -0.126. The van der Waals surface area contributed by atoms with Crippen LogP contribution in [0.2, 0.25) is 0 Å². The molecule has 1 aliphatic rings. The van der Waals surface area contributed by atoms with Crippen LogP contribution in [-0.2, 0) is 10.2 Å². The molecule has 0 saturated carbocycles. The van der Waals surface area contributed by atoms with Gasteiger partial charge < -0.3 is 10.2 Å². The first-order valence-electron chi connectivity index (χ1n) is 7.05. The maximum Gasteiger partial charge on any atom is 0.230 e. The maximum absolute atomic E-state index is 12.5. The van der Waals surface area contributed by atoms with Crippen LogP contribution in [0.4, 0.5) is 0 Å². The molecule has 3 nitrogen and oxygen atoms in total. The second-order valence-electron chi connectivity index (χ2n) is 6.04. The molecule has 0 aromatic heterocycles. The molecular formula is C16H24N2O. The number of nitrogens with zero attached hydrogens (tertiary/aromatic N) is 1. The highest BCUT2D eigenvalue weighted by Gasteiger charge is 2.31. The first kappa shape index (κ1) is 14.1. The second-order valence-corrected chi connectivity index (χ2v) is 6.04. The van der Waals surface area contributed by atoms with Crippen molar-refractivity contribution < 1.29 is 4.79 Å². The fourth-order valence-electron chi connectivity index (χ4n) is 2.50. The van der Waals surface area contributed by atoms with Crippen LogP contribution in [0.5, 0.6) is 0 Å². The number of hydrogen-bond acceptors (Lipinski definition) is 2. The Balaban J connectivity index is 1.99. The molecule has 104 valence electrons. The zero-order chi connectivity index (χ0) is 13.9. The van der Waals surface area contributed by atoms with E-state index in [1.165, 1.54) is 0 Å². The van der Waals surface area contributed by atoms with Gasteiger partial charge in [0.15, 0.2) is 0 Å². The second kappa shape index (κ2) is 5.74. The van der Waals surface area contributed by atoms with Crippen LogP contribution in [-0.4, -0.2) is 37.0 Å². The first-order chi connectivity index (χ1) is 9.00. The van der Waals surface area contributed by atoms with E-state index in [1.807, 2.05) is 44.2 Å². The van der Waals surface area contributed by atoms with Crippen molar-refractivity contribution in [2.45, 2.75) is 38.1 Å². The topological polar surface area (TPSA) is 32.3 Å². The summed E-state index contributed by atoms with van der Waals surface area (Å²) in [7, 11) is 2.13. The molecule has 0 atom stereocenters. The van der Waals surface area contributed by atoms with Gasteiger partial charge in [-0.3, -0.25) is 4.79 Å². The fraction of sp³-hybridized carbons (Fsp3) is 0.562. The Morgan fingerprint density at radius 1 is 1.21 bits per heavy atom. The summed E-state index contributed by atoms with van der Waals surface area (Å²) in [5.41, 5.74) is 0.602. The van der Waals surface area contributed by atoms with E-state index in [9.17, 15) is 4.79 Å². The third-order valence-electron chi connectivity index (χ3n) is 4.12. The number of carbonyl (C=O) groups excluding carboxylic acids is 1. The van der Waals surface area contributed by atoms with Gasteiger partial charge in [-0.05, 0) is 52.4 Å². The molecular weight excluding hydrogens is 236 g/mol. The zero-order valence-electron chi connectivity index (χ0n) is 12.1. The van der Waals surface area contributed by atoms with Crippen LogP contribution < -0.4 is 5.32 Å². The number of benzene rings is 1. The lowest BCUT2D eigenvalue weighted by Gasteiger charge is -2.32. The minimum absolute atomic E-state index is 0.133. The number of carbonyl (C=O) groups is 1. The quantitative estimate of drug-likeness (QED) is 0.903. The summed E-state index contributed by atoms with van der Waals surface area (Å²) in [5.74, 6) is 0.133. The molecule has 1 aromatic rings. The normalized spacial score (nSPS) is 18.3. The molecule has 0 unspecified atom stereocenters. The Kier molecular flexibility index (Phi) is 4.25. The van der Waals surface area contributed by atoms with E-state index in [4.69, 9.17) is 0 Å². The monoisotopic (exact) mass is 260 g/mol. The lowest BCUT2D eigenvalue weighted by Crippen LogP contribution is -2.49. The summed E-state index contributed by atoms with van der Waals surface area (Å²) >= 11 is 0. The minimum Gasteiger partial charge on any atom is -0.353 e. The summed E-state index contributed by atoms with van der Waals surface area (Å²) in [6.07, 6.45) is 2.10. The summed E-state index contributed by atoms with van der Waals surface area (Å²) in [4.78, 5) is 14.8. The fourth-order valence-corrected chi connectivity index (χ4v) is 2.50. The summed E-state index contributed by atoms with van der Waals surface area (Å²) in [6.45, 7) is 6.12. The molecule has 1 saturated heterocycles. The van der Waals surface area contributed by atoms with Crippen LogP contribution in [0.1, 0.15) is 32.3 Å². The average molecular weight is 260 g/mol. The highest BCUT2D eigenvalue weighted by Crippen LogP contribution is 2.23. The molecule has 1 aliphatic heterocycles. The summed E-state index contributed by atoms with van der Waals surface area (Å²) in [5, 5.41) is 3.21. The Morgan fingerprint density at radius 2 is 1.79 bits per heavy atom. The molecule has 2 rings (SSSR count). The van der Waals surface area contributed by atoms with Crippen molar-refractivity contribution in [1.82, 2.24) is 10.2 Å². The predicted octanol–water partition coefficient (Wildman–Crippen LogP) is 2.17. The van der Waals surface area contributed by atoms with Crippen molar-refractivity contribution in [3.05, 3.63) is 35.9 Å². The molecule has 1 N–H and O–H groups in total. The maximum atomic E-state index is 12.5. The van der Waals surface area contributed by atoms with Crippen LogP contribution >= 0.6 is 0 Å². The third kappa shape index (κ3) is 3.35. The van der Waals surface area contributed by atoms with Gasteiger partial charge in [0, 0.05) is 6.04 Å². The van der Waals surface area contributed by atoms with E-state index in [0.29, 0.717) is 6.04 Å². The number of nitrogens with one attached hydrogen (secondary N) is 1. The van der Waals surface area contributed by atoms with Crippen molar-refractivity contribution in [1.29, 1.82) is 0 Å². The Labute approximate surface area is 116 Å². The van der Waals surface area contributed by atoms with E-state index in [1.54, 1.807) is 0 Å². The number of amides is 1. The first-order valence-corrected chi connectivity index (χ1v) is 7.05. The van der Waals surface area contributed by atoms with E-state index < -0.39 is 5.41 Å². The highest BCUT2D eigenvalue weighted by atomic mass is 16.2. The van der Waals surface area contributed by atoms with Crippen molar-refractivity contribution in [3.63, 3.8) is 0 Å². The average Bonchev–Trinajstić information content (AvgIpc) is 2.42. The van der Waals surface area contributed by atoms with Gasteiger partial charge in [0.1, 0.15) is 0 Å². The van der Waals surface area contributed by atoms with E-state index in [0.717, 1.165) is 31.5 Å². The van der Waals surface area contributed by atoms with Gasteiger partial charge in [-0.2, -0.15) is 0 Å². The molecule has 1 fully saturated rings. The summed E-state index contributed by atoms with van der Waals surface area (Å²) < 4.78 is 0. The van der Waals surface area contributed by atoms with Gasteiger partial charge in [-0.1, -0.05) is 30.3 Å². The van der Waals surface area contributed by atoms with Crippen molar-refractivity contribution >= 4 is 5.91 Å². The number of piperidine rings is 1. The molecule has 1 heterocycles. The Bertz CT molecular complexity index is 420. The molecule has 1 amide bonds. The van der Waals surface area contributed by atoms with Crippen LogP contribution in [0.25, 0.3) is 0 Å². The zero-order valence-corrected chi connectivity index (χ0v) is 12.1. The van der Waals surface area contributed by atoms with E-state index >= 15 is 0 Å². The number of rotatable bonds is 3. The molecule has 0 aliphatic carbocycles. The van der Waals surface area contributed by atoms with Crippen molar-refractivity contribution in [2.75, 3.05) is 20.1 Å². The smallest absolute Gasteiger partial charge is 0.230 e. The van der Waals surface area contributed by atoms with Crippen LogP contribution in [0, 0.1) is 0 Å².